The fourth-order valence-corrected chi connectivity index (χ4v) is 3.39. The largest absolute Gasteiger partial charge is 0.492 e. The fourth-order valence-electron chi connectivity index (χ4n) is 3.26. The molecule has 1 heterocycles. The number of likely N-dealkylation sites (N-methyl/N-ethyl adjacent to an activating group) is 1. The summed E-state index contributed by atoms with van der Waals surface area (Å²) in [6.45, 7) is 4.48. The summed E-state index contributed by atoms with van der Waals surface area (Å²) in [7, 11) is 4.05. The fraction of sp³-hybridized carbons (Fsp3) is 0.478. The Morgan fingerprint density at radius 2 is 1.73 bits per heavy atom. The van der Waals surface area contributed by atoms with E-state index in [1.165, 1.54) is 0 Å². The Kier molecular flexibility index (Phi) is 8.36. The zero-order valence-corrected chi connectivity index (χ0v) is 18.5. The van der Waals surface area contributed by atoms with Gasteiger partial charge >= 0.3 is 0 Å². The summed E-state index contributed by atoms with van der Waals surface area (Å²) >= 11 is 5.91. The lowest BCUT2D eigenvalue weighted by molar-refractivity contribution is -0.0646. The molecule has 3 rings (SSSR count). The lowest BCUT2D eigenvalue weighted by Crippen LogP contribution is -2.48. The Morgan fingerprint density at radius 1 is 1.07 bits per heavy atom. The van der Waals surface area contributed by atoms with Crippen LogP contribution in [0.2, 0.25) is 5.02 Å². The maximum atomic E-state index is 11.1. The Hall–Kier alpha value is -1.83. The molecule has 0 amide bonds. The van der Waals surface area contributed by atoms with Gasteiger partial charge in [0.2, 0.25) is 0 Å². The molecule has 1 saturated heterocycles. The Bertz CT molecular complexity index is 770. The van der Waals surface area contributed by atoms with Gasteiger partial charge in [-0.1, -0.05) is 23.7 Å². The predicted octanol–water partition coefficient (Wildman–Crippen LogP) is 2.92. The van der Waals surface area contributed by atoms with Crippen molar-refractivity contribution >= 4 is 11.6 Å². The molecule has 2 aromatic rings. The molecule has 0 bridgehead atoms. The highest BCUT2D eigenvalue weighted by Crippen LogP contribution is 2.20. The van der Waals surface area contributed by atoms with E-state index >= 15 is 0 Å². The minimum atomic E-state index is -1.08. The van der Waals surface area contributed by atoms with Gasteiger partial charge in [-0.05, 0) is 56.1 Å². The number of nitrogens with zero attached hydrogens (tertiary/aromatic N) is 2. The maximum Gasteiger partial charge on any atom is 0.134 e. The molecule has 0 radical (unpaired) electrons. The van der Waals surface area contributed by atoms with Crippen molar-refractivity contribution in [3.8, 4) is 11.5 Å². The second kappa shape index (κ2) is 11.0. The van der Waals surface area contributed by atoms with Gasteiger partial charge in [0.25, 0.3) is 0 Å². The van der Waals surface area contributed by atoms with Crippen LogP contribution in [0.3, 0.4) is 0 Å². The third kappa shape index (κ3) is 7.45. The van der Waals surface area contributed by atoms with Crippen molar-refractivity contribution in [2.24, 2.45) is 0 Å². The van der Waals surface area contributed by atoms with Crippen molar-refractivity contribution in [3.05, 3.63) is 59.1 Å². The zero-order valence-electron chi connectivity index (χ0n) is 17.7. The molecule has 1 N–H and O–H groups in total. The maximum absolute atomic E-state index is 11.1. The smallest absolute Gasteiger partial charge is 0.134 e. The molecule has 0 aromatic heterocycles. The highest BCUT2D eigenvalue weighted by molar-refractivity contribution is 6.30. The summed E-state index contributed by atoms with van der Waals surface area (Å²) in [5.41, 5.74) is 0.0866. The lowest BCUT2D eigenvalue weighted by atomic mass is 10.1. The van der Waals surface area contributed by atoms with Crippen LogP contribution in [0.5, 0.6) is 11.5 Å². The first kappa shape index (κ1) is 22.8. The molecule has 1 aliphatic rings. The van der Waals surface area contributed by atoms with Gasteiger partial charge in [-0.15, -0.1) is 0 Å². The van der Waals surface area contributed by atoms with Gasteiger partial charge in [-0.2, -0.15) is 0 Å². The van der Waals surface area contributed by atoms with Crippen molar-refractivity contribution in [2.45, 2.75) is 12.1 Å². The number of hydrogen-bond donors (Lipinski definition) is 1. The van der Waals surface area contributed by atoms with E-state index in [4.69, 9.17) is 25.8 Å². The lowest BCUT2D eigenvalue weighted by Gasteiger charge is -2.30. The molecule has 164 valence electrons. The molecular formula is C23H31ClN2O4. The Morgan fingerprint density at radius 3 is 2.43 bits per heavy atom. The van der Waals surface area contributed by atoms with Crippen LogP contribution in [0, 0.1) is 0 Å². The molecule has 1 aliphatic heterocycles. The monoisotopic (exact) mass is 434 g/mol. The average molecular weight is 435 g/mol. The van der Waals surface area contributed by atoms with Crippen LogP contribution >= 0.6 is 11.6 Å². The first-order valence-electron chi connectivity index (χ1n) is 10.2. The minimum Gasteiger partial charge on any atom is -0.492 e. The molecular weight excluding hydrogens is 404 g/mol. The van der Waals surface area contributed by atoms with Crippen molar-refractivity contribution in [1.29, 1.82) is 0 Å². The van der Waals surface area contributed by atoms with E-state index in [0.29, 0.717) is 30.5 Å². The third-order valence-electron chi connectivity index (χ3n) is 4.90. The number of β-amino-alcohol motifs (C(OH)–C–C–N with tert-alkyl or cyclic N) is 1. The molecule has 0 saturated carbocycles. The highest BCUT2D eigenvalue weighted by atomic mass is 35.5. The molecule has 0 spiro atoms. The Labute approximate surface area is 183 Å². The number of rotatable bonds is 9. The van der Waals surface area contributed by atoms with Crippen molar-refractivity contribution in [1.82, 2.24) is 9.80 Å². The minimum absolute atomic E-state index is 0.157. The first-order chi connectivity index (χ1) is 14.4. The molecule has 1 unspecified atom stereocenters. The van der Waals surface area contributed by atoms with E-state index < -0.39 is 5.60 Å². The van der Waals surface area contributed by atoms with Gasteiger partial charge < -0.3 is 24.2 Å². The van der Waals surface area contributed by atoms with Gasteiger partial charge in [-0.25, -0.2) is 0 Å². The van der Waals surface area contributed by atoms with E-state index in [1.54, 1.807) is 24.3 Å². The number of aliphatic hydroxyl groups is 1. The summed E-state index contributed by atoms with van der Waals surface area (Å²) < 4.78 is 17.2. The Balaban J connectivity index is 1.53. The highest BCUT2D eigenvalue weighted by Gasteiger charge is 2.33. The van der Waals surface area contributed by atoms with E-state index in [2.05, 4.69) is 21.9 Å². The van der Waals surface area contributed by atoms with Gasteiger partial charge in [0.05, 0.1) is 13.2 Å². The molecule has 1 fully saturated rings. The summed E-state index contributed by atoms with van der Waals surface area (Å²) in [6, 6.07) is 15.3. The van der Waals surface area contributed by atoms with Crippen LogP contribution in [0.4, 0.5) is 0 Å². The normalized spacial score (nSPS) is 20.2. The molecule has 6 nitrogen and oxygen atoms in total. The van der Waals surface area contributed by atoms with E-state index in [0.717, 1.165) is 30.9 Å². The van der Waals surface area contributed by atoms with E-state index in [9.17, 15) is 5.11 Å². The van der Waals surface area contributed by atoms with Crippen LogP contribution < -0.4 is 9.47 Å². The van der Waals surface area contributed by atoms with Crippen LogP contribution in [0.25, 0.3) is 0 Å². The van der Waals surface area contributed by atoms with Crippen LogP contribution in [0.1, 0.15) is 5.56 Å². The SMILES string of the molecule is CN(C)CCOc1ccc(CN2CCOCC(O)(COc3ccc(Cl)cc3)C2)cc1. The second-order valence-corrected chi connectivity index (χ2v) is 8.46. The number of hydrogen-bond acceptors (Lipinski definition) is 6. The van der Waals surface area contributed by atoms with Crippen LogP contribution in [0.15, 0.2) is 48.5 Å². The molecule has 2 aromatic carbocycles. The quantitative estimate of drug-likeness (QED) is 0.655. The summed E-state index contributed by atoms with van der Waals surface area (Å²) in [4.78, 5) is 4.29. The first-order valence-corrected chi connectivity index (χ1v) is 10.6. The van der Waals surface area contributed by atoms with Crippen molar-refractivity contribution in [3.63, 3.8) is 0 Å². The summed E-state index contributed by atoms with van der Waals surface area (Å²) in [6.07, 6.45) is 0. The molecule has 30 heavy (non-hydrogen) atoms. The summed E-state index contributed by atoms with van der Waals surface area (Å²) in [5.74, 6) is 1.54. The number of ether oxygens (including phenoxy) is 3. The number of benzene rings is 2. The van der Waals surface area contributed by atoms with Crippen molar-refractivity contribution in [2.75, 3.05) is 60.2 Å². The van der Waals surface area contributed by atoms with E-state index in [1.807, 2.05) is 26.2 Å². The van der Waals surface area contributed by atoms with Crippen molar-refractivity contribution < 1.29 is 19.3 Å². The van der Waals surface area contributed by atoms with Gasteiger partial charge in [0, 0.05) is 31.2 Å². The summed E-state index contributed by atoms with van der Waals surface area (Å²) in [5, 5.41) is 11.7. The topological polar surface area (TPSA) is 54.4 Å². The van der Waals surface area contributed by atoms with Gasteiger partial charge in [0.15, 0.2) is 0 Å². The van der Waals surface area contributed by atoms with E-state index in [-0.39, 0.29) is 13.2 Å². The molecule has 7 heteroatoms. The van der Waals surface area contributed by atoms with Crippen LogP contribution in [-0.2, 0) is 11.3 Å². The second-order valence-electron chi connectivity index (χ2n) is 8.03. The third-order valence-corrected chi connectivity index (χ3v) is 5.15. The molecule has 0 aliphatic carbocycles. The van der Waals surface area contributed by atoms with Gasteiger partial charge in [-0.3, -0.25) is 4.90 Å². The average Bonchev–Trinajstić information content (AvgIpc) is 2.90. The van der Waals surface area contributed by atoms with Crippen LogP contribution in [-0.4, -0.2) is 80.7 Å². The zero-order chi connectivity index (χ0) is 21.4. The predicted molar refractivity (Wildman–Crippen MR) is 118 cm³/mol. The molecule has 1 atom stereocenters. The standard InChI is InChI=1S/C23H31ClN2O4/c1-25(2)11-14-29-21-7-3-19(4-8-21)15-26-12-13-28-17-23(27,16-26)18-30-22-9-5-20(24)6-10-22/h3-10,27H,11-18H2,1-2H3. The van der Waals surface area contributed by atoms with Gasteiger partial charge in [0.1, 0.15) is 30.3 Å². The number of halogens is 1.